The van der Waals surface area contributed by atoms with Gasteiger partial charge in [-0.05, 0) is 38.3 Å². The van der Waals surface area contributed by atoms with Gasteiger partial charge in [-0.25, -0.2) is 8.42 Å². The number of carbonyl (C=O) groups excluding carboxylic acids is 2. The van der Waals surface area contributed by atoms with Crippen molar-refractivity contribution in [3.63, 3.8) is 0 Å². The largest absolute Gasteiger partial charge is 0.300 e. The van der Waals surface area contributed by atoms with Crippen LogP contribution in [0, 0.1) is 5.92 Å². The van der Waals surface area contributed by atoms with Crippen LogP contribution in [0.1, 0.15) is 48.5 Å². The highest BCUT2D eigenvalue weighted by molar-refractivity contribution is 7.89. The van der Waals surface area contributed by atoms with Crippen LogP contribution in [0.25, 0.3) is 0 Å². The molecule has 29 heavy (non-hydrogen) atoms. The number of benzene rings is 1. The van der Waals surface area contributed by atoms with Crippen molar-refractivity contribution in [2.75, 3.05) is 18.4 Å². The minimum Gasteiger partial charge on any atom is -0.300 e. The van der Waals surface area contributed by atoms with E-state index in [1.54, 1.807) is 0 Å². The second kappa shape index (κ2) is 9.10. The van der Waals surface area contributed by atoms with E-state index in [0.717, 1.165) is 17.8 Å². The molecule has 10 heteroatoms. The van der Waals surface area contributed by atoms with Crippen molar-refractivity contribution in [1.82, 2.24) is 14.5 Å². The van der Waals surface area contributed by atoms with Gasteiger partial charge in [0.15, 0.2) is 5.78 Å². The van der Waals surface area contributed by atoms with E-state index in [2.05, 4.69) is 22.4 Å². The summed E-state index contributed by atoms with van der Waals surface area (Å²) in [5, 5.41) is 12.2. The molecule has 156 valence electrons. The molecule has 2 heterocycles. The number of sulfonamides is 1. The number of Topliss-reactive ketones (excluding diaryl/α,β-unsaturated/α-hetero) is 1. The Morgan fingerprint density at radius 3 is 2.41 bits per heavy atom. The van der Waals surface area contributed by atoms with E-state index in [9.17, 15) is 18.0 Å². The van der Waals surface area contributed by atoms with Crippen molar-refractivity contribution in [3.8, 4) is 0 Å². The maximum Gasteiger partial charge on any atom is 0.243 e. The van der Waals surface area contributed by atoms with E-state index in [-0.39, 0.29) is 35.6 Å². The topological polar surface area (TPSA) is 109 Å². The molecule has 0 bridgehead atoms. The lowest BCUT2D eigenvalue weighted by Gasteiger charge is -2.30. The molecule has 1 aliphatic heterocycles. The van der Waals surface area contributed by atoms with Gasteiger partial charge in [-0.15, -0.1) is 10.2 Å². The van der Waals surface area contributed by atoms with Crippen LogP contribution >= 0.6 is 11.3 Å². The monoisotopic (exact) mass is 436 g/mol. The van der Waals surface area contributed by atoms with E-state index in [0.29, 0.717) is 23.5 Å². The number of amides is 1. The maximum atomic E-state index is 12.8. The molecule has 1 amide bonds. The molecule has 1 aliphatic rings. The summed E-state index contributed by atoms with van der Waals surface area (Å²) in [5.74, 6) is -0.523. The lowest BCUT2D eigenvalue weighted by molar-refractivity contribution is -0.120. The molecule has 2 aromatic rings. The summed E-state index contributed by atoms with van der Waals surface area (Å²) in [4.78, 5) is 24.0. The summed E-state index contributed by atoms with van der Waals surface area (Å²) >= 11 is 1.37. The standard InChI is InChI=1S/C19H24N4O4S2/c1-3-4-17-21-22-19(28-17)20-18(25)15-9-11-23(12-10-15)29(26,27)16-7-5-14(6-8-16)13(2)24/h5-8,15H,3-4,9-12H2,1-2H3,(H,20,22,25). The number of aryl methyl sites for hydroxylation is 1. The zero-order valence-electron chi connectivity index (χ0n) is 16.4. The van der Waals surface area contributed by atoms with Gasteiger partial charge in [-0.2, -0.15) is 4.31 Å². The quantitative estimate of drug-likeness (QED) is 0.669. The van der Waals surface area contributed by atoms with E-state index < -0.39 is 10.0 Å². The van der Waals surface area contributed by atoms with Crippen molar-refractivity contribution in [2.24, 2.45) is 5.92 Å². The molecule has 1 saturated heterocycles. The molecule has 1 fully saturated rings. The molecule has 0 spiro atoms. The van der Waals surface area contributed by atoms with Gasteiger partial charge in [-0.1, -0.05) is 30.4 Å². The van der Waals surface area contributed by atoms with Gasteiger partial charge in [-0.3, -0.25) is 9.59 Å². The smallest absolute Gasteiger partial charge is 0.243 e. The Morgan fingerprint density at radius 1 is 1.17 bits per heavy atom. The Labute approximate surface area is 174 Å². The van der Waals surface area contributed by atoms with Crippen molar-refractivity contribution >= 4 is 38.2 Å². The van der Waals surface area contributed by atoms with Gasteiger partial charge < -0.3 is 5.32 Å². The van der Waals surface area contributed by atoms with Crippen molar-refractivity contribution in [3.05, 3.63) is 34.8 Å². The lowest BCUT2D eigenvalue weighted by atomic mass is 9.97. The number of rotatable bonds is 7. The van der Waals surface area contributed by atoms with Crippen molar-refractivity contribution in [2.45, 2.75) is 44.4 Å². The number of ketones is 1. The fourth-order valence-electron chi connectivity index (χ4n) is 3.20. The first-order valence-corrected chi connectivity index (χ1v) is 11.8. The molecule has 1 aromatic carbocycles. The van der Waals surface area contributed by atoms with E-state index in [1.165, 1.54) is 46.8 Å². The zero-order chi connectivity index (χ0) is 21.0. The number of hydrogen-bond donors (Lipinski definition) is 1. The predicted molar refractivity (Wildman–Crippen MR) is 110 cm³/mol. The third kappa shape index (κ3) is 5.06. The van der Waals surface area contributed by atoms with E-state index in [4.69, 9.17) is 0 Å². The first kappa shape index (κ1) is 21.5. The van der Waals surface area contributed by atoms with Crippen LogP contribution in [0.3, 0.4) is 0 Å². The number of nitrogens with one attached hydrogen (secondary N) is 1. The van der Waals surface area contributed by atoms with Crippen LogP contribution in [0.4, 0.5) is 5.13 Å². The Bertz CT molecular complexity index is 978. The molecule has 0 radical (unpaired) electrons. The van der Waals surface area contributed by atoms with Gasteiger partial charge in [0.1, 0.15) is 5.01 Å². The number of carbonyl (C=O) groups is 2. The first-order chi connectivity index (χ1) is 13.8. The third-order valence-corrected chi connectivity index (χ3v) is 7.70. The highest BCUT2D eigenvalue weighted by Gasteiger charge is 2.32. The third-order valence-electron chi connectivity index (χ3n) is 4.88. The van der Waals surface area contributed by atoms with Gasteiger partial charge in [0.2, 0.25) is 21.1 Å². The highest BCUT2D eigenvalue weighted by Crippen LogP contribution is 2.26. The van der Waals surface area contributed by atoms with Crippen LogP contribution in [-0.4, -0.2) is 47.7 Å². The molecule has 1 N–H and O–H groups in total. The molecule has 0 saturated carbocycles. The summed E-state index contributed by atoms with van der Waals surface area (Å²) in [6.07, 6.45) is 2.68. The van der Waals surface area contributed by atoms with Gasteiger partial charge in [0.05, 0.1) is 4.90 Å². The lowest BCUT2D eigenvalue weighted by Crippen LogP contribution is -2.41. The Balaban J connectivity index is 1.58. The molecule has 0 atom stereocenters. The predicted octanol–water partition coefficient (Wildman–Crippen LogP) is 2.73. The zero-order valence-corrected chi connectivity index (χ0v) is 18.1. The average Bonchev–Trinajstić information content (AvgIpc) is 3.15. The average molecular weight is 437 g/mol. The summed E-state index contributed by atoms with van der Waals surface area (Å²) in [6, 6.07) is 5.94. The van der Waals surface area contributed by atoms with Crippen molar-refractivity contribution < 1.29 is 18.0 Å². The summed E-state index contributed by atoms with van der Waals surface area (Å²) in [7, 11) is -3.65. The maximum absolute atomic E-state index is 12.8. The molecule has 0 unspecified atom stereocenters. The number of hydrogen-bond acceptors (Lipinski definition) is 7. The minimum atomic E-state index is -3.65. The van der Waals surface area contributed by atoms with Gasteiger partial charge in [0, 0.05) is 31.0 Å². The minimum absolute atomic E-state index is 0.113. The Morgan fingerprint density at radius 2 is 1.83 bits per heavy atom. The second-order valence-electron chi connectivity index (χ2n) is 7.00. The molecule has 1 aromatic heterocycles. The molecule has 8 nitrogen and oxygen atoms in total. The number of piperidine rings is 1. The summed E-state index contributed by atoms with van der Waals surface area (Å²) < 4.78 is 27.0. The van der Waals surface area contributed by atoms with Crippen LogP contribution in [0.5, 0.6) is 0 Å². The van der Waals surface area contributed by atoms with Crippen molar-refractivity contribution in [1.29, 1.82) is 0 Å². The molecule has 3 rings (SSSR count). The Hall–Kier alpha value is -2.17. The summed E-state index contributed by atoms with van der Waals surface area (Å²) in [5.41, 5.74) is 0.470. The second-order valence-corrected chi connectivity index (χ2v) is 10.00. The number of nitrogens with zero attached hydrogens (tertiary/aromatic N) is 3. The Kier molecular flexibility index (Phi) is 6.76. The highest BCUT2D eigenvalue weighted by atomic mass is 32.2. The van der Waals surface area contributed by atoms with E-state index in [1.807, 2.05) is 0 Å². The van der Waals surface area contributed by atoms with Gasteiger partial charge in [0.25, 0.3) is 0 Å². The SMILES string of the molecule is CCCc1nnc(NC(=O)C2CCN(S(=O)(=O)c3ccc(C(C)=O)cc3)CC2)s1. The van der Waals surface area contributed by atoms with E-state index >= 15 is 0 Å². The van der Waals surface area contributed by atoms with Crippen LogP contribution in [0.2, 0.25) is 0 Å². The fraction of sp³-hybridized carbons (Fsp3) is 0.474. The summed E-state index contributed by atoms with van der Waals surface area (Å²) in [6.45, 7) is 4.03. The van der Waals surface area contributed by atoms with Gasteiger partial charge >= 0.3 is 0 Å². The molecular weight excluding hydrogens is 412 g/mol. The fourth-order valence-corrected chi connectivity index (χ4v) is 5.51. The molecule has 0 aliphatic carbocycles. The normalized spacial score (nSPS) is 15.9. The van der Waals surface area contributed by atoms with Crippen LogP contribution in [0.15, 0.2) is 29.2 Å². The van der Waals surface area contributed by atoms with Crippen LogP contribution < -0.4 is 5.32 Å². The number of aromatic nitrogens is 2. The molecular formula is C19H24N4O4S2. The first-order valence-electron chi connectivity index (χ1n) is 9.55. The number of anilines is 1. The van der Waals surface area contributed by atoms with Crippen LogP contribution in [-0.2, 0) is 21.2 Å².